The standard InChI is InChI=1S/C20H30N2O2/c1-14-15(2)22(3)18-10-7-11-19(20(14)18)24-13-17(23)12-21-16-8-5-4-6-9-16/h7,10-11,16-17,21,23H,4-6,8-9,12-13H2,1-3H3. The predicted octanol–water partition coefficient (Wildman–Crippen LogP) is 3.46. The molecule has 2 N–H and O–H groups in total. The molecule has 1 saturated carbocycles. The van der Waals surface area contributed by atoms with Gasteiger partial charge in [-0.05, 0) is 44.4 Å². The van der Waals surface area contributed by atoms with Crippen LogP contribution in [-0.2, 0) is 7.05 Å². The summed E-state index contributed by atoms with van der Waals surface area (Å²) in [6.07, 6.45) is 5.94. The van der Waals surface area contributed by atoms with Crippen molar-refractivity contribution in [3.05, 3.63) is 29.5 Å². The summed E-state index contributed by atoms with van der Waals surface area (Å²) in [5.74, 6) is 0.866. The molecule has 0 aliphatic heterocycles. The van der Waals surface area contributed by atoms with E-state index in [0.29, 0.717) is 19.2 Å². The lowest BCUT2D eigenvalue weighted by molar-refractivity contribution is 0.102. The van der Waals surface area contributed by atoms with Crippen LogP contribution in [0.2, 0.25) is 0 Å². The third kappa shape index (κ3) is 3.60. The Bertz CT molecular complexity index is 686. The molecule has 1 heterocycles. The third-order valence-electron chi connectivity index (χ3n) is 5.46. The van der Waals surface area contributed by atoms with E-state index < -0.39 is 6.10 Å². The minimum atomic E-state index is -0.479. The Morgan fingerprint density at radius 2 is 2.00 bits per heavy atom. The lowest BCUT2D eigenvalue weighted by Crippen LogP contribution is -2.38. The van der Waals surface area contributed by atoms with E-state index in [4.69, 9.17) is 4.74 Å². The summed E-state index contributed by atoms with van der Waals surface area (Å²) in [7, 11) is 2.08. The molecule has 0 amide bonds. The van der Waals surface area contributed by atoms with Gasteiger partial charge in [0.05, 0.1) is 5.52 Å². The maximum Gasteiger partial charge on any atom is 0.129 e. The molecule has 1 aliphatic carbocycles. The van der Waals surface area contributed by atoms with Gasteiger partial charge in [0.25, 0.3) is 0 Å². The third-order valence-corrected chi connectivity index (χ3v) is 5.46. The number of aromatic nitrogens is 1. The minimum absolute atomic E-state index is 0.326. The van der Waals surface area contributed by atoms with E-state index in [1.54, 1.807) is 0 Å². The van der Waals surface area contributed by atoms with Gasteiger partial charge in [0.2, 0.25) is 0 Å². The molecule has 1 aromatic carbocycles. The first-order chi connectivity index (χ1) is 11.6. The molecule has 4 heteroatoms. The van der Waals surface area contributed by atoms with Gasteiger partial charge in [0.15, 0.2) is 0 Å². The fraction of sp³-hybridized carbons (Fsp3) is 0.600. The van der Waals surface area contributed by atoms with E-state index in [0.717, 1.165) is 11.1 Å². The molecule has 4 nitrogen and oxygen atoms in total. The molecule has 132 valence electrons. The fourth-order valence-electron chi connectivity index (χ4n) is 3.76. The van der Waals surface area contributed by atoms with Crippen molar-refractivity contribution in [1.82, 2.24) is 9.88 Å². The second-order valence-electron chi connectivity index (χ2n) is 7.13. The average molecular weight is 330 g/mol. The summed E-state index contributed by atoms with van der Waals surface area (Å²) in [6, 6.07) is 6.69. The molecule has 0 radical (unpaired) electrons. The number of fused-ring (bicyclic) bond motifs is 1. The average Bonchev–Trinajstić information content (AvgIpc) is 2.84. The number of aryl methyl sites for hydroxylation is 2. The van der Waals surface area contributed by atoms with Crippen LogP contribution < -0.4 is 10.1 Å². The number of benzene rings is 1. The van der Waals surface area contributed by atoms with E-state index in [2.05, 4.69) is 36.8 Å². The number of aliphatic hydroxyl groups is 1. The smallest absolute Gasteiger partial charge is 0.129 e. The van der Waals surface area contributed by atoms with E-state index >= 15 is 0 Å². The van der Waals surface area contributed by atoms with Crippen molar-refractivity contribution < 1.29 is 9.84 Å². The van der Waals surface area contributed by atoms with Crippen molar-refractivity contribution in [2.24, 2.45) is 7.05 Å². The molecule has 0 bridgehead atoms. The summed E-state index contributed by atoms with van der Waals surface area (Å²) >= 11 is 0. The first-order valence-electron chi connectivity index (χ1n) is 9.16. The number of ether oxygens (including phenoxy) is 1. The highest BCUT2D eigenvalue weighted by Gasteiger charge is 2.16. The number of aliphatic hydroxyl groups excluding tert-OH is 1. The van der Waals surface area contributed by atoms with Gasteiger partial charge < -0.3 is 19.7 Å². The largest absolute Gasteiger partial charge is 0.490 e. The quantitative estimate of drug-likeness (QED) is 0.853. The molecular weight excluding hydrogens is 300 g/mol. The van der Waals surface area contributed by atoms with Gasteiger partial charge in [-0.3, -0.25) is 0 Å². The zero-order valence-electron chi connectivity index (χ0n) is 15.1. The molecule has 2 aromatic rings. The van der Waals surface area contributed by atoms with Gasteiger partial charge in [-0.1, -0.05) is 25.3 Å². The molecule has 24 heavy (non-hydrogen) atoms. The van der Waals surface area contributed by atoms with Crippen molar-refractivity contribution in [3.8, 4) is 5.75 Å². The molecule has 1 aliphatic rings. The van der Waals surface area contributed by atoms with Crippen LogP contribution in [-0.4, -0.2) is 35.0 Å². The summed E-state index contributed by atoms with van der Waals surface area (Å²) in [6.45, 7) is 5.19. The summed E-state index contributed by atoms with van der Waals surface area (Å²) in [5, 5.41) is 14.9. The van der Waals surface area contributed by atoms with Gasteiger partial charge in [0, 0.05) is 30.7 Å². The first-order valence-corrected chi connectivity index (χ1v) is 9.16. The molecule has 3 rings (SSSR count). The number of rotatable bonds is 6. The van der Waals surface area contributed by atoms with Crippen molar-refractivity contribution in [3.63, 3.8) is 0 Å². The van der Waals surface area contributed by atoms with Crippen LogP contribution in [0.15, 0.2) is 18.2 Å². The number of hydrogen-bond acceptors (Lipinski definition) is 3. The van der Waals surface area contributed by atoms with Crippen molar-refractivity contribution in [2.45, 2.75) is 58.1 Å². The Morgan fingerprint density at radius 3 is 2.75 bits per heavy atom. The number of nitrogens with one attached hydrogen (secondary N) is 1. The molecule has 1 aromatic heterocycles. The minimum Gasteiger partial charge on any atom is -0.490 e. The van der Waals surface area contributed by atoms with E-state index in [1.165, 1.54) is 48.9 Å². The Hall–Kier alpha value is -1.52. The van der Waals surface area contributed by atoms with Crippen molar-refractivity contribution in [2.75, 3.05) is 13.2 Å². The normalized spacial score (nSPS) is 17.3. The van der Waals surface area contributed by atoms with Crippen LogP contribution in [0.3, 0.4) is 0 Å². The Kier molecular flexibility index (Phi) is 5.47. The number of nitrogens with zero attached hydrogens (tertiary/aromatic N) is 1. The highest BCUT2D eigenvalue weighted by Crippen LogP contribution is 2.32. The van der Waals surface area contributed by atoms with Crippen LogP contribution in [0.25, 0.3) is 10.9 Å². The van der Waals surface area contributed by atoms with Gasteiger partial charge in [-0.25, -0.2) is 0 Å². The highest BCUT2D eigenvalue weighted by molar-refractivity contribution is 5.91. The van der Waals surface area contributed by atoms with Gasteiger partial charge in [0.1, 0.15) is 18.5 Å². The van der Waals surface area contributed by atoms with E-state index in [1.807, 2.05) is 12.1 Å². The van der Waals surface area contributed by atoms with Gasteiger partial charge in [-0.15, -0.1) is 0 Å². The molecule has 1 atom stereocenters. The van der Waals surface area contributed by atoms with Crippen LogP contribution in [0, 0.1) is 13.8 Å². The van der Waals surface area contributed by atoms with Crippen molar-refractivity contribution in [1.29, 1.82) is 0 Å². The van der Waals surface area contributed by atoms with Gasteiger partial charge in [-0.2, -0.15) is 0 Å². The Morgan fingerprint density at radius 1 is 1.25 bits per heavy atom. The molecular formula is C20H30N2O2. The predicted molar refractivity (Wildman–Crippen MR) is 98.8 cm³/mol. The summed E-state index contributed by atoms with van der Waals surface area (Å²) in [4.78, 5) is 0. The second kappa shape index (κ2) is 7.58. The maximum absolute atomic E-state index is 10.2. The highest BCUT2D eigenvalue weighted by atomic mass is 16.5. The SMILES string of the molecule is Cc1c(C)n(C)c2cccc(OCC(O)CNC3CCCCC3)c12. The van der Waals surface area contributed by atoms with Crippen molar-refractivity contribution >= 4 is 10.9 Å². The van der Waals surface area contributed by atoms with Crippen LogP contribution in [0.1, 0.15) is 43.4 Å². The molecule has 1 fully saturated rings. The van der Waals surface area contributed by atoms with Crippen LogP contribution in [0.5, 0.6) is 5.75 Å². The lowest BCUT2D eigenvalue weighted by Gasteiger charge is -2.24. The number of hydrogen-bond donors (Lipinski definition) is 2. The zero-order chi connectivity index (χ0) is 17.1. The first kappa shape index (κ1) is 17.3. The van der Waals surface area contributed by atoms with Gasteiger partial charge >= 0.3 is 0 Å². The Labute approximate surface area is 144 Å². The zero-order valence-corrected chi connectivity index (χ0v) is 15.1. The molecule has 0 spiro atoms. The molecule has 1 unspecified atom stereocenters. The lowest BCUT2D eigenvalue weighted by atomic mass is 9.95. The van der Waals surface area contributed by atoms with Crippen LogP contribution in [0.4, 0.5) is 0 Å². The topological polar surface area (TPSA) is 46.4 Å². The second-order valence-corrected chi connectivity index (χ2v) is 7.13. The van der Waals surface area contributed by atoms with Crippen LogP contribution >= 0.6 is 0 Å². The monoisotopic (exact) mass is 330 g/mol. The van der Waals surface area contributed by atoms with E-state index in [-0.39, 0.29) is 0 Å². The maximum atomic E-state index is 10.2. The Balaban J connectivity index is 1.60. The molecule has 0 saturated heterocycles. The van der Waals surface area contributed by atoms with E-state index in [9.17, 15) is 5.11 Å². The fourth-order valence-corrected chi connectivity index (χ4v) is 3.76. The summed E-state index contributed by atoms with van der Waals surface area (Å²) in [5.41, 5.74) is 3.68. The summed E-state index contributed by atoms with van der Waals surface area (Å²) < 4.78 is 8.16.